The number of carbonyl (C=O) groups excluding carboxylic acids is 2. The summed E-state index contributed by atoms with van der Waals surface area (Å²) in [4.78, 5) is 25.2. The van der Waals surface area contributed by atoms with Gasteiger partial charge in [0.05, 0.1) is 7.11 Å². The van der Waals surface area contributed by atoms with Crippen molar-refractivity contribution in [2.75, 3.05) is 19.0 Å². The van der Waals surface area contributed by atoms with Gasteiger partial charge in [-0.3, -0.25) is 0 Å². The third kappa shape index (κ3) is 3.17. The standard InChI is InChI=1S/C13H15ClN2O3/c1-19-12(17)11-3-2-8-16(11)13(18)15-10-6-4-9(14)5-7-10/h4-7,11H,2-3,8H2,1H3,(H,15,18)/t11-/m0/s1. The number of amides is 2. The molecule has 2 amide bonds. The van der Waals surface area contributed by atoms with Crippen molar-refractivity contribution in [1.29, 1.82) is 0 Å². The van der Waals surface area contributed by atoms with E-state index >= 15 is 0 Å². The molecule has 6 heteroatoms. The van der Waals surface area contributed by atoms with E-state index in [1.807, 2.05) is 0 Å². The van der Waals surface area contributed by atoms with E-state index in [-0.39, 0.29) is 12.0 Å². The van der Waals surface area contributed by atoms with Crippen molar-refractivity contribution in [2.45, 2.75) is 18.9 Å². The quantitative estimate of drug-likeness (QED) is 0.848. The van der Waals surface area contributed by atoms with Crippen LogP contribution in [0.5, 0.6) is 0 Å². The average Bonchev–Trinajstić information content (AvgIpc) is 2.90. The minimum atomic E-state index is -0.489. The van der Waals surface area contributed by atoms with Gasteiger partial charge in [0.2, 0.25) is 0 Å². The molecule has 0 saturated carbocycles. The number of rotatable bonds is 2. The maximum absolute atomic E-state index is 12.1. The highest BCUT2D eigenvalue weighted by Crippen LogP contribution is 2.20. The molecule has 19 heavy (non-hydrogen) atoms. The Morgan fingerprint density at radius 1 is 1.37 bits per heavy atom. The monoisotopic (exact) mass is 282 g/mol. The molecule has 1 N–H and O–H groups in total. The Bertz CT molecular complexity index is 475. The number of hydrogen-bond donors (Lipinski definition) is 1. The van der Waals surface area contributed by atoms with Crippen LogP contribution in [-0.4, -0.2) is 36.6 Å². The van der Waals surface area contributed by atoms with E-state index in [1.54, 1.807) is 24.3 Å². The summed E-state index contributed by atoms with van der Waals surface area (Å²) in [6, 6.07) is 6.03. The van der Waals surface area contributed by atoms with Crippen molar-refractivity contribution in [1.82, 2.24) is 4.90 Å². The van der Waals surface area contributed by atoms with Crippen LogP contribution in [0, 0.1) is 0 Å². The third-order valence-electron chi connectivity index (χ3n) is 3.08. The van der Waals surface area contributed by atoms with Gasteiger partial charge in [0, 0.05) is 17.3 Å². The number of nitrogens with zero attached hydrogens (tertiary/aromatic N) is 1. The number of anilines is 1. The second-order valence-electron chi connectivity index (χ2n) is 4.31. The molecular formula is C13H15ClN2O3. The Kier molecular flexibility index (Phi) is 4.27. The fourth-order valence-corrected chi connectivity index (χ4v) is 2.25. The van der Waals surface area contributed by atoms with E-state index in [0.717, 1.165) is 6.42 Å². The molecule has 0 unspecified atom stereocenters. The molecule has 0 bridgehead atoms. The summed E-state index contributed by atoms with van der Waals surface area (Å²) in [6.45, 7) is 0.555. The number of esters is 1. The van der Waals surface area contributed by atoms with Gasteiger partial charge in [0.1, 0.15) is 6.04 Å². The highest BCUT2D eigenvalue weighted by atomic mass is 35.5. The predicted octanol–water partition coefficient (Wildman–Crippen LogP) is 2.51. The predicted molar refractivity (Wildman–Crippen MR) is 72.2 cm³/mol. The smallest absolute Gasteiger partial charge is 0.328 e. The molecule has 2 rings (SSSR count). The lowest BCUT2D eigenvalue weighted by Crippen LogP contribution is -2.43. The van der Waals surface area contributed by atoms with E-state index in [2.05, 4.69) is 5.32 Å². The molecule has 0 radical (unpaired) electrons. The minimum absolute atomic E-state index is 0.296. The largest absolute Gasteiger partial charge is 0.467 e. The summed E-state index contributed by atoms with van der Waals surface area (Å²) < 4.78 is 4.70. The molecule has 102 valence electrons. The van der Waals surface area contributed by atoms with Gasteiger partial charge in [-0.1, -0.05) is 11.6 Å². The van der Waals surface area contributed by atoms with Crippen LogP contribution < -0.4 is 5.32 Å². The molecule has 1 heterocycles. The van der Waals surface area contributed by atoms with E-state index in [4.69, 9.17) is 16.3 Å². The van der Waals surface area contributed by atoms with Crippen LogP contribution in [0.3, 0.4) is 0 Å². The zero-order valence-corrected chi connectivity index (χ0v) is 11.3. The van der Waals surface area contributed by atoms with Crippen molar-refractivity contribution >= 4 is 29.3 Å². The van der Waals surface area contributed by atoms with Crippen molar-refractivity contribution < 1.29 is 14.3 Å². The molecular weight excluding hydrogens is 268 g/mol. The highest BCUT2D eigenvalue weighted by Gasteiger charge is 2.34. The first-order valence-electron chi connectivity index (χ1n) is 6.03. The lowest BCUT2D eigenvalue weighted by atomic mass is 10.2. The number of likely N-dealkylation sites (tertiary alicyclic amines) is 1. The number of methoxy groups -OCH3 is 1. The molecule has 1 aromatic carbocycles. The summed E-state index contributed by atoms with van der Waals surface area (Å²) in [5, 5.41) is 3.34. The number of halogens is 1. The topological polar surface area (TPSA) is 58.6 Å². The molecule has 1 aliphatic heterocycles. The van der Waals surface area contributed by atoms with Crippen LogP contribution in [0.4, 0.5) is 10.5 Å². The minimum Gasteiger partial charge on any atom is -0.467 e. The highest BCUT2D eigenvalue weighted by molar-refractivity contribution is 6.30. The number of nitrogens with one attached hydrogen (secondary N) is 1. The Morgan fingerprint density at radius 2 is 2.05 bits per heavy atom. The second kappa shape index (κ2) is 5.93. The van der Waals surface area contributed by atoms with Gasteiger partial charge in [-0.05, 0) is 37.1 Å². The zero-order valence-electron chi connectivity index (χ0n) is 10.6. The van der Waals surface area contributed by atoms with Crippen LogP contribution in [0.2, 0.25) is 5.02 Å². The van der Waals surface area contributed by atoms with Gasteiger partial charge >= 0.3 is 12.0 Å². The molecule has 1 fully saturated rings. The lowest BCUT2D eigenvalue weighted by Gasteiger charge is -2.22. The number of carbonyl (C=O) groups is 2. The second-order valence-corrected chi connectivity index (χ2v) is 4.75. The van der Waals surface area contributed by atoms with Gasteiger partial charge in [-0.25, -0.2) is 9.59 Å². The first kappa shape index (κ1) is 13.7. The maximum Gasteiger partial charge on any atom is 0.328 e. The summed E-state index contributed by atoms with van der Waals surface area (Å²) in [5.41, 5.74) is 0.643. The summed E-state index contributed by atoms with van der Waals surface area (Å²) >= 11 is 5.77. The molecule has 1 aromatic rings. The first-order valence-corrected chi connectivity index (χ1v) is 6.40. The average molecular weight is 283 g/mol. The van der Waals surface area contributed by atoms with Crippen LogP contribution >= 0.6 is 11.6 Å². The Labute approximate surface area is 116 Å². The van der Waals surface area contributed by atoms with E-state index in [1.165, 1.54) is 12.0 Å². The van der Waals surface area contributed by atoms with Gasteiger partial charge in [-0.2, -0.15) is 0 Å². The summed E-state index contributed by atoms with van der Waals surface area (Å²) in [5.74, 6) is -0.372. The molecule has 0 spiro atoms. The number of urea groups is 1. The fourth-order valence-electron chi connectivity index (χ4n) is 2.12. The van der Waals surface area contributed by atoms with E-state index in [0.29, 0.717) is 23.7 Å². The molecule has 5 nitrogen and oxygen atoms in total. The fraction of sp³-hybridized carbons (Fsp3) is 0.385. The van der Waals surface area contributed by atoms with Crippen LogP contribution in [0.1, 0.15) is 12.8 Å². The summed E-state index contributed by atoms with van der Waals surface area (Å²) in [6.07, 6.45) is 1.44. The lowest BCUT2D eigenvalue weighted by molar-refractivity contribution is -0.144. The normalized spacial score (nSPS) is 18.2. The number of hydrogen-bond acceptors (Lipinski definition) is 3. The van der Waals surface area contributed by atoms with Crippen molar-refractivity contribution in [2.24, 2.45) is 0 Å². The van der Waals surface area contributed by atoms with Crippen LogP contribution in [-0.2, 0) is 9.53 Å². The Balaban J connectivity index is 2.03. The van der Waals surface area contributed by atoms with E-state index in [9.17, 15) is 9.59 Å². The molecule has 1 atom stereocenters. The molecule has 1 aliphatic rings. The zero-order chi connectivity index (χ0) is 13.8. The van der Waals surface area contributed by atoms with Crippen molar-refractivity contribution in [3.05, 3.63) is 29.3 Å². The third-order valence-corrected chi connectivity index (χ3v) is 3.33. The number of ether oxygens (including phenoxy) is 1. The van der Waals surface area contributed by atoms with Crippen molar-refractivity contribution in [3.8, 4) is 0 Å². The van der Waals surface area contributed by atoms with Gasteiger partial charge in [0.15, 0.2) is 0 Å². The van der Waals surface area contributed by atoms with Crippen molar-refractivity contribution in [3.63, 3.8) is 0 Å². The van der Waals surface area contributed by atoms with Gasteiger partial charge in [-0.15, -0.1) is 0 Å². The van der Waals surface area contributed by atoms with Gasteiger partial charge < -0.3 is 15.0 Å². The Hall–Kier alpha value is -1.75. The summed E-state index contributed by atoms with van der Waals surface area (Å²) in [7, 11) is 1.33. The van der Waals surface area contributed by atoms with Crippen LogP contribution in [0.15, 0.2) is 24.3 Å². The van der Waals surface area contributed by atoms with Crippen LogP contribution in [0.25, 0.3) is 0 Å². The molecule has 0 aromatic heterocycles. The molecule has 0 aliphatic carbocycles. The first-order chi connectivity index (χ1) is 9.11. The molecule has 1 saturated heterocycles. The SMILES string of the molecule is COC(=O)[C@@H]1CCCN1C(=O)Nc1ccc(Cl)cc1. The maximum atomic E-state index is 12.1. The number of benzene rings is 1. The van der Waals surface area contributed by atoms with Gasteiger partial charge in [0.25, 0.3) is 0 Å². The van der Waals surface area contributed by atoms with E-state index < -0.39 is 6.04 Å². The Morgan fingerprint density at radius 3 is 2.68 bits per heavy atom.